The third-order valence-electron chi connectivity index (χ3n) is 5.67. The number of hydrogen-bond acceptors (Lipinski definition) is 5. The van der Waals surface area contributed by atoms with Crippen molar-refractivity contribution in [3.05, 3.63) is 23.8 Å². The first-order valence-corrected chi connectivity index (χ1v) is 8.67. The molecule has 2 aliphatic heterocycles. The van der Waals surface area contributed by atoms with Crippen LogP contribution in [0.15, 0.2) is 18.2 Å². The van der Waals surface area contributed by atoms with E-state index in [4.69, 9.17) is 14.2 Å². The summed E-state index contributed by atoms with van der Waals surface area (Å²) in [5.74, 6) is 1.10. The fourth-order valence-electron chi connectivity index (χ4n) is 4.57. The van der Waals surface area contributed by atoms with Gasteiger partial charge in [0.1, 0.15) is 6.10 Å². The van der Waals surface area contributed by atoms with Gasteiger partial charge in [0.2, 0.25) is 5.91 Å². The lowest BCUT2D eigenvalue weighted by atomic mass is 9.69. The molecule has 0 bridgehead atoms. The molecule has 1 amide bonds. The largest absolute Gasteiger partial charge is 0.493 e. The third-order valence-corrected chi connectivity index (χ3v) is 5.67. The molecule has 2 heterocycles. The summed E-state index contributed by atoms with van der Waals surface area (Å²) in [6, 6.07) is 5.85. The Kier molecular flexibility index (Phi) is 4.62. The van der Waals surface area contributed by atoms with E-state index >= 15 is 0 Å². The normalized spacial score (nSPS) is 28.0. The maximum absolute atomic E-state index is 12.3. The number of methoxy groups -OCH3 is 2. The molecule has 6 nitrogen and oxygen atoms in total. The Morgan fingerprint density at radius 1 is 1.28 bits per heavy atom. The van der Waals surface area contributed by atoms with Gasteiger partial charge < -0.3 is 19.1 Å². The summed E-state index contributed by atoms with van der Waals surface area (Å²) in [5, 5.41) is 0. The van der Waals surface area contributed by atoms with E-state index in [0.29, 0.717) is 24.5 Å². The van der Waals surface area contributed by atoms with Gasteiger partial charge in [-0.05, 0) is 30.5 Å². The highest BCUT2D eigenvalue weighted by atomic mass is 16.5. The Labute approximate surface area is 148 Å². The first kappa shape index (κ1) is 17.6. The Hall–Kier alpha value is -2.24. The van der Waals surface area contributed by atoms with Crippen LogP contribution in [-0.2, 0) is 19.7 Å². The molecule has 0 saturated carbocycles. The molecule has 2 fully saturated rings. The molecular weight excluding hydrogens is 322 g/mol. The van der Waals surface area contributed by atoms with Crippen molar-refractivity contribution in [3.8, 4) is 11.5 Å². The predicted octanol–water partition coefficient (Wildman–Crippen LogP) is 2.29. The van der Waals surface area contributed by atoms with Crippen LogP contribution in [0, 0.1) is 0 Å². The standard InChI is InChI=1S/C19H25NO5/c1-5-19(13-6-7-14(23-3)15(10-13)24-4)16-8-9-18(22)20(16)11-17(19)25-12(2)21/h6-7,10,16-17H,5,8-9,11H2,1-4H3/t16-,17-,19-/m0/s1. The lowest BCUT2D eigenvalue weighted by Crippen LogP contribution is -2.46. The number of rotatable bonds is 5. The molecule has 136 valence electrons. The zero-order valence-corrected chi connectivity index (χ0v) is 15.2. The van der Waals surface area contributed by atoms with Crippen LogP contribution in [0.4, 0.5) is 0 Å². The summed E-state index contributed by atoms with van der Waals surface area (Å²) in [6.45, 7) is 3.95. The lowest BCUT2D eigenvalue weighted by molar-refractivity contribution is -0.149. The van der Waals surface area contributed by atoms with Crippen molar-refractivity contribution in [3.63, 3.8) is 0 Å². The van der Waals surface area contributed by atoms with E-state index in [-0.39, 0.29) is 24.0 Å². The number of amides is 1. The Balaban J connectivity index is 2.11. The van der Waals surface area contributed by atoms with Gasteiger partial charge in [-0.1, -0.05) is 13.0 Å². The molecule has 0 spiro atoms. The molecule has 25 heavy (non-hydrogen) atoms. The van der Waals surface area contributed by atoms with Crippen LogP contribution in [0.5, 0.6) is 11.5 Å². The van der Waals surface area contributed by atoms with E-state index in [1.54, 1.807) is 14.2 Å². The quantitative estimate of drug-likeness (QED) is 0.765. The minimum atomic E-state index is -0.433. The number of carbonyl (C=O) groups is 2. The maximum Gasteiger partial charge on any atom is 0.302 e. The van der Waals surface area contributed by atoms with E-state index in [1.807, 2.05) is 23.1 Å². The minimum absolute atomic E-state index is 0.0347. The topological polar surface area (TPSA) is 65.1 Å². The second-order valence-electron chi connectivity index (χ2n) is 6.66. The summed E-state index contributed by atoms with van der Waals surface area (Å²) in [6.07, 6.45) is 1.72. The van der Waals surface area contributed by atoms with Crippen molar-refractivity contribution in [1.82, 2.24) is 4.90 Å². The number of esters is 1. The second-order valence-corrected chi connectivity index (χ2v) is 6.66. The average molecular weight is 347 g/mol. The van der Waals surface area contributed by atoms with Gasteiger partial charge in [0.15, 0.2) is 11.5 Å². The van der Waals surface area contributed by atoms with Gasteiger partial charge in [-0.3, -0.25) is 9.59 Å². The maximum atomic E-state index is 12.3. The highest BCUT2D eigenvalue weighted by molar-refractivity contribution is 5.80. The van der Waals surface area contributed by atoms with Gasteiger partial charge >= 0.3 is 5.97 Å². The van der Waals surface area contributed by atoms with E-state index < -0.39 is 5.41 Å². The first-order valence-electron chi connectivity index (χ1n) is 8.67. The number of nitrogens with zero attached hydrogens (tertiary/aromatic N) is 1. The summed E-state index contributed by atoms with van der Waals surface area (Å²) in [7, 11) is 3.20. The van der Waals surface area contributed by atoms with E-state index in [9.17, 15) is 9.59 Å². The zero-order valence-electron chi connectivity index (χ0n) is 15.2. The van der Waals surface area contributed by atoms with E-state index in [2.05, 4.69) is 6.92 Å². The molecule has 2 saturated heterocycles. The third kappa shape index (κ3) is 2.64. The Bertz CT molecular complexity index is 688. The molecule has 3 atom stereocenters. The van der Waals surface area contributed by atoms with Crippen LogP contribution in [-0.4, -0.2) is 49.7 Å². The predicted molar refractivity (Wildman–Crippen MR) is 91.8 cm³/mol. The molecule has 0 radical (unpaired) electrons. The fourth-order valence-corrected chi connectivity index (χ4v) is 4.57. The molecule has 0 N–H and O–H groups in total. The minimum Gasteiger partial charge on any atom is -0.493 e. The highest BCUT2D eigenvalue weighted by Gasteiger charge is 2.59. The van der Waals surface area contributed by atoms with Gasteiger partial charge in [0.25, 0.3) is 0 Å². The molecule has 0 aliphatic carbocycles. The average Bonchev–Trinajstić information content (AvgIpc) is 3.11. The van der Waals surface area contributed by atoms with Gasteiger partial charge in [-0.25, -0.2) is 0 Å². The van der Waals surface area contributed by atoms with Crippen LogP contribution in [0.25, 0.3) is 0 Å². The summed E-state index contributed by atoms with van der Waals surface area (Å²) < 4.78 is 16.5. The summed E-state index contributed by atoms with van der Waals surface area (Å²) in [4.78, 5) is 25.9. The fraction of sp³-hybridized carbons (Fsp3) is 0.579. The number of hydrogen-bond donors (Lipinski definition) is 0. The second kappa shape index (κ2) is 6.58. The first-order chi connectivity index (χ1) is 12.0. The number of carbonyl (C=O) groups excluding carboxylic acids is 2. The van der Waals surface area contributed by atoms with Crippen molar-refractivity contribution in [2.24, 2.45) is 0 Å². The number of benzene rings is 1. The SMILES string of the molecule is CC[C@@]1(c2ccc(OC)c(OC)c2)[C@@H](OC(C)=O)CN2C(=O)CC[C@H]21. The van der Waals surface area contributed by atoms with Crippen molar-refractivity contribution >= 4 is 11.9 Å². The van der Waals surface area contributed by atoms with E-state index in [1.165, 1.54) is 6.92 Å². The highest BCUT2D eigenvalue weighted by Crippen LogP contribution is 2.50. The number of ether oxygens (including phenoxy) is 3. The smallest absolute Gasteiger partial charge is 0.302 e. The number of fused-ring (bicyclic) bond motifs is 1. The van der Waals surface area contributed by atoms with Crippen LogP contribution < -0.4 is 9.47 Å². The molecule has 3 rings (SSSR count). The van der Waals surface area contributed by atoms with Crippen LogP contribution in [0.3, 0.4) is 0 Å². The molecule has 2 aliphatic rings. The molecule has 0 aromatic heterocycles. The monoisotopic (exact) mass is 347 g/mol. The van der Waals surface area contributed by atoms with Gasteiger partial charge in [0.05, 0.1) is 26.2 Å². The van der Waals surface area contributed by atoms with Gasteiger partial charge in [-0.15, -0.1) is 0 Å². The molecular formula is C19H25NO5. The van der Waals surface area contributed by atoms with Crippen LogP contribution >= 0.6 is 0 Å². The zero-order chi connectivity index (χ0) is 18.2. The Morgan fingerprint density at radius 3 is 2.60 bits per heavy atom. The molecule has 1 aromatic carbocycles. The molecule has 0 unspecified atom stereocenters. The molecule has 6 heteroatoms. The van der Waals surface area contributed by atoms with Crippen molar-refractivity contribution < 1.29 is 23.8 Å². The van der Waals surface area contributed by atoms with Crippen molar-refractivity contribution in [2.45, 2.75) is 50.7 Å². The molecule has 1 aromatic rings. The van der Waals surface area contributed by atoms with Gasteiger partial charge in [0, 0.05) is 19.4 Å². The van der Waals surface area contributed by atoms with E-state index in [0.717, 1.165) is 18.4 Å². The van der Waals surface area contributed by atoms with Crippen molar-refractivity contribution in [2.75, 3.05) is 20.8 Å². The lowest BCUT2D eigenvalue weighted by Gasteiger charge is -2.38. The van der Waals surface area contributed by atoms with Crippen LogP contribution in [0.2, 0.25) is 0 Å². The van der Waals surface area contributed by atoms with Crippen LogP contribution in [0.1, 0.15) is 38.7 Å². The summed E-state index contributed by atoms with van der Waals surface area (Å²) in [5.41, 5.74) is 0.582. The van der Waals surface area contributed by atoms with Crippen molar-refractivity contribution in [1.29, 1.82) is 0 Å². The Morgan fingerprint density at radius 2 is 2.00 bits per heavy atom. The van der Waals surface area contributed by atoms with Gasteiger partial charge in [-0.2, -0.15) is 0 Å². The summed E-state index contributed by atoms with van der Waals surface area (Å²) >= 11 is 0.